The molecule has 1 aliphatic rings. The molecule has 0 aromatic heterocycles. The maximum absolute atomic E-state index is 12.4. The number of carbonyl (C=O) groups is 2. The van der Waals surface area contributed by atoms with Crippen LogP contribution in [0.1, 0.15) is 17.5 Å². The highest BCUT2D eigenvalue weighted by Gasteiger charge is 2.34. The predicted octanol–water partition coefficient (Wildman–Crippen LogP) is 3.68. The van der Waals surface area contributed by atoms with E-state index in [1.54, 1.807) is 11.0 Å². The third kappa shape index (κ3) is 4.40. The Morgan fingerprint density at radius 1 is 1.24 bits per heavy atom. The third-order valence-corrected chi connectivity index (χ3v) is 4.95. The number of likely N-dealkylation sites (tertiary alicyclic amines) is 1. The van der Waals surface area contributed by atoms with E-state index in [1.165, 1.54) is 5.56 Å². The van der Waals surface area contributed by atoms with Crippen molar-refractivity contribution in [3.8, 4) is 0 Å². The van der Waals surface area contributed by atoms with Crippen LogP contribution in [0.25, 0.3) is 0 Å². The lowest BCUT2D eigenvalue weighted by Crippen LogP contribution is -2.30. The van der Waals surface area contributed by atoms with Crippen LogP contribution in [0.3, 0.4) is 0 Å². The van der Waals surface area contributed by atoms with Crippen molar-refractivity contribution in [1.82, 2.24) is 4.90 Å². The van der Waals surface area contributed by atoms with Crippen LogP contribution < -0.4 is 5.32 Å². The first-order valence-corrected chi connectivity index (χ1v) is 8.79. The quantitative estimate of drug-likeness (QED) is 0.888. The minimum Gasteiger partial charge on any atom is -0.342 e. The van der Waals surface area contributed by atoms with E-state index in [4.69, 9.17) is 11.6 Å². The van der Waals surface area contributed by atoms with Crippen molar-refractivity contribution in [3.63, 3.8) is 0 Å². The molecule has 2 amide bonds. The highest BCUT2D eigenvalue weighted by Crippen LogP contribution is 2.23. The molecule has 25 heavy (non-hydrogen) atoms. The predicted molar refractivity (Wildman–Crippen MR) is 99.7 cm³/mol. The number of hydrogen-bond donors (Lipinski definition) is 1. The molecule has 0 spiro atoms. The summed E-state index contributed by atoms with van der Waals surface area (Å²) in [5, 5.41) is 3.48. The summed E-state index contributed by atoms with van der Waals surface area (Å²) in [6, 6.07) is 15.5. The average Bonchev–Trinajstić information content (AvgIpc) is 2.98. The van der Waals surface area contributed by atoms with E-state index in [0.29, 0.717) is 23.8 Å². The zero-order valence-corrected chi connectivity index (χ0v) is 14.9. The number of nitrogens with zero attached hydrogens (tertiary/aromatic N) is 1. The Bertz CT molecular complexity index is 777. The second kappa shape index (κ2) is 7.70. The van der Waals surface area contributed by atoms with Crippen LogP contribution in [0.5, 0.6) is 0 Å². The van der Waals surface area contributed by atoms with Gasteiger partial charge in [0.25, 0.3) is 0 Å². The molecule has 5 heteroatoms. The molecule has 0 radical (unpaired) electrons. The SMILES string of the molecule is Cc1ccc(NC(=O)[C@H]2CC(=O)N(CCc3ccccc3)C2)cc1Cl. The van der Waals surface area contributed by atoms with Crippen molar-refractivity contribution in [2.45, 2.75) is 19.8 Å². The van der Waals surface area contributed by atoms with Crippen molar-refractivity contribution in [2.75, 3.05) is 18.4 Å². The Balaban J connectivity index is 1.56. The van der Waals surface area contributed by atoms with Gasteiger partial charge in [-0.25, -0.2) is 0 Å². The third-order valence-electron chi connectivity index (χ3n) is 4.54. The first kappa shape index (κ1) is 17.5. The summed E-state index contributed by atoms with van der Waals surface area (Å²) in [4.78, 5) is 26.4. The number of nitrogens with one attached hydrogen (secondary N) is 1. The number of benzene rings is 2. The molecule has 0 unspecified atom stereocenters. The molecule has 0 aliphatic carbocycles. The molecule has 1 fully saturated rings. The highest BCUT2D eigenvalue weighted by atomic mass is 35.5. The Labute approximate surface area is 152 Å². The van der Waals surface area contributed by atoms with Gasteiger partial charge in [0.1, 0.15) is 0 Å². The van der Waals surface area contributed by atoms with E-state index < -0.39 is 0 Å². The van der Waals surface area contributed by atoms with Gasteiger partial charge in [0.05, 0.1) is 5.92 Å². The molecule has 1 saturated heterocycles. The summed E-state index contributed by atoms with van der Waals surface area (Å²) in [5.74, 6) is -0.406. The van der Waals surface area contributed by atoms with Gasteiger partial charge in [-0.2, -0.15) is 0 Å². The summed E-state index contributed by atoms with van der Waals surface area (Å²) in [6.45, 7) is 3.02. The zero-order valence-electron chi connectivity index (χ0n) is 14.2. The number of hydrogen-bond acceptors (Lipinski definition) is 2. The van der Waals surface area contributed by atoms with Crippen LogP contribution in [0.4, 0.5) is 5.69 Å². The Kier molecular flexibility index (Phi) is 5.39. The summed E-state index contributed by atoms with van der Waals surface area (Å²) >= 11 is 6.09. The molecule has 1 aliphatic heterocycles. The maximum atomic E-state index is 12.4. The molecule has 1 atom stereocenters. The molecule has 130 valence electrons. The number of halogens is 1. The molecule has 1 N–H and O–H groups in total. The summed E-state index contributed by atoms with van der Waals surface area (Å²) < 4.78 is 0. The van der Waals surface area contributed by atoms with E-state index >= 15 is 0 Å². The van der Waals surface area contributed by atoms with Gasteiger partial charge >= 0.3 is 0 Å². The van der Waals surface area contributed by atoms with E-state index in [2.05, 4.69) is 5.32 Å². The summed E-state index contributed by atoms with van der Waals surface area (Å²) in [7, 11) is 0. The lowest BCUT2D eigenvalue weighted by atomic mass is 10.1. The van der Waals surface area contributed by atoms with Gasteiger partial charge in [0, 0.05) is 30.2 Å². The molecular formula is C20H21ClN2O2. The van der Waals surface area contributed by atoms with E-state index in [0.717, 1.165) is 12.0 Å². The molecule has 2 aromatic carbocycles. The van der Waals surface area contributed by atoms with Crippen LogP contribution in [0.15, 0.2) is 48.5 Å². The lowest BCUT2D eigenvalue weighted by Gasteiger charge is -2.16. The smallest absolute Gasteiger partial charge is 0.229 e. The number of anilines is 1. The lowest BCUT2D eigenvalue weighted by molar-refractivity contribution is -0.128. The van der Waals surface area contributed by atoms with Gasteiger partial charge in [0.15, 0.2) is 0 Å². The number of amides is 2. The molecule has 0 bridgehead atoms. The number of rotatable bonds is 5. The van der Waals surface area contributed by atoms with Crippen molar-refractivity contribution >= 4 is 29.1 Å². The Morgan fingerprint density at radius 2 is 2.00 bits per heavy atom. The van der Waals surface area contributed by atoms with Crippen LogP contribution in [-0.2, 0) is 16.0 Å². The summed E-state index contributed by atoms with van der Waals surface area (Å²) in [6.07, 6.45) is 1.06. The molecule has 1 heterocycles. The summed E-state index contributed by atoms with van der Waals surface area (Å²) in [5.41, 5.74) is 2.82. The minimum atomic E-state index is -0.316. The molecule has 0 saturated carbocycles. The van der Waals surface area contributed by atoms with Crippen LogP contribution >= 0.6 is 11.6 Å². The van der Waals surface area contributed by atoms with Crippen molar-refractivity contribution in [1.29, 1.82) is 0 Å². The average molecular weight is 357 g/mol. The van der Waals surface area contributed by atoms with Gasteiger partial charge in [0.2, 0.25) is 11.8 Å². The monoisotopic (exact) mass is 356 g/mol. The van der Waals surface area contributed by atoms with Crippen molar-refractivity contribution < 1.29 is 9.59 Å². The van der Waals surface area contributed by atoms with Gasteiger partial charge in [-0.15, -0.1) is 0 Å². The van der Waals surface area contributed by atoms with Crippen LogP contribution in [-0.4, -0.2) is 29.8 Å². The second-order valence-electron chi connectivity index (χ2n) is 6.43. The molecule has 3 rings (SSSR count). The van der Waals surface area contributed by atoms with Gasteiger partial charge in [-0.1, -0.05) is 48.0 Å². The molecule has 2 aromatic rings. The van der Waals surface area contributed by atoms with Crippen LogP contribution in [0.2, 0.25) is 5.02 Å². The fourth-order valence-corrected chi connectivity index (χ4v) is 3.17. The normalized spacial score (nSPS) is 17.0. The van der Waals surface area contributed by atoms with Gasteiger partial charge in [-0.05, 0) is 36.6 Å². The standard InChI is InChI=1S/C20H21ClN2O2/c1-14-7-8-17(12-18(14)21)22-20(25)16-11-19(24)23(13-16)10-9-15-5-3-2-4-6-15/h2-8,12,16H,9-11,13H2,1H3,(H,22,25)/t16-/m0/s1. The first-order valence-electron chi connectivity index (χ1n) is 8.41. The molecular weight excluding hydrogens is 336 g/mol. The largest absolute Gasteiger partial charge is 0.342 e. The van der Waals surface area contributed by atoms with Gasteiger partial charge < -0.3 is 10.2 Å². The minimum absolute atomic E-state index is 0.0398. The van der Waals surface area contributed by atoms with E-state index in [1.807, 2.05) is 49.4 Å². The Hall–Kier alpha value is -2.33. The Morgan fingerprint density at radius 3 is 2.72 bits per heavy atom. The highest BCUT2D eigenvalue weighted by molar-refractivity contribution is 6.31. The second-order valence-corrected chi connectivity index (χ2v) is 6.84. The van der Waals surface area contributed by atoms with Gasteiger partial charge in [-0.3, -0.25) is 9.59 Å². The molecule has 4 nitrogen and oxygen atoms in total. The first-order chi connectivity index (χ1) is 12.0. The number of aryl methyl sites for hydroxylation is 1. The fraction of sp³-hybridized carbons (Fsp3) is 0.300. The van der Waals surface area contributed by atoms with Crippen molar-refractivity contribution in [3.05, 3.63) is 64.7 Å². The number of carbonyl (C=O) groups excluding carboxylic acids is 2. The maximum Gasteiger partial charge on any atom is 0.229 e. The van der Waals surface area contributed by atoms with E-state index in [9.17, 15) is 9.59 Å². The van der Waals surface area contributed by atoms with Crippen molar-refractivity contribution in [2.24, 2.45) is 5.92 Å². The van der Waals surface area contributed by atoms with E-state index in [-0.39, 0.29) is 24.2 Å². The zero-order chi connectivity index (χ0) is 17.8. The fourth-order valence-electron chi connectivity index (χ4n) is 2.99. The van der Waals surface area contributed by atoms with Crippen LogP contribution in [0, 0.1) is 12.8 Å². The topological polar surface area (TPSA) is 49.4 Å².